The fourth-order valence-corrected chi connectivity index (χ4v) is 2.39. The van der Waals surface area contributed by atoms with E-state index >= 15 is 0 Å². The van der Waals surface area contributed by atoms with E-state index in [9.17, 15) is 4.79 Å². The summed E-state index contributed by atoms with van der Waals surface area (Å²) in [5.74, 6) is 0.894. The largest absolute Gasteiger partial charge is 0.493 e. The van der Waals surface area contributed by atoms with Crippen LogP contribution in [0.3, 0.4) is 0 Å². The molecule has 1 amide bonds. The second kappa shape index (κ2) is 7.69. The van der Waals surface area contributed by atoms with Crippen molar-refractivity contribution in [2.45, 2.75) is 12.8 Å². The Bertz CT molecular complexity index is 526. The van der Waals surface area contributed by atoms with Crippen LogP contribution in [0.5, 0.6) is 11.5 Å². The zero-order chi connectivity index (χ0) is 15.1. The van der Waals surface area contributed by atoms with E-state index in [1.54, 1.807) is 25.3 Å². The fraction of sp³-hybridized carbons (Fsp3) is 0.438. The molecule has 0 bridgehead atoms. The molecule has 5 nitrogen and oxygen atoms in total. The predicted octanol–water partition coefficient (Wildman–Crippen LogP) is 1.74. The fourth-order valence-electron chi connectivity index (χ4n) is 2.39. The molecule has 1 aliphatic rings. The molecule has 0 aromatic heterocycles. The Hall–Kier alpha value is -2.01. The molecule has 2 rings (SSSR count). The molecule has 0 saturated heterocycles. The van der Waals surface area contributed by atoms with Gasteiger partial charge in [0.1, 0.15) is 0 Å². The lowest BCUT2D eigenvalue weighted by atomic mass is 10.1. The number of hydrogen-bond donors (Lipinski definition) is 2. The van der Waals surface area contributed by atoms with Gasteiger partial charge in [0.25, 0.3) is 5.91 Å². The molecule has 1 heterocycles. The van der Waals surface area contributed by atoms with Gasteiger partial charge in [-0.15, -0.1) is 0 Å². The van der Waals surface area contributed by atoms with Gasteiger partial charge >= 0.3 is 0 Å². The topological polar surface area (TPSA) is 59.6 Å². The van der Waals surface area contributed by atoms with Crippen LogP contribution in [0.4, 0.5) is 0 Å². The Morgan fingerprint density at radius 2 is 2.19 bits per heavy atom. The average Bonchev–Trinajstić information content (AvgIpc) is 2.54. The van der Waals surface area contributed by atoms with Crippen LogP contribution >= 0.6 is 0 Å². The van der Waals surface area contributed by atoms with E-state index in [1.165, 1.54) is 12.7 Å². The Balaban J connectivity index is 1.95. The first kappa shape index (κ1) is 15.4. The van der Waals surface area contributed by atoms with Crippen molar-refractivity contribution in [2.75, 3.05) is 33.9 Å². The molecule has 0 radical (unpaired) electrons. The summed E-state index contributed by atoms with van der Waals surface area (Å²) in [6.07, 6.45) is 4.14. The molecule has 0 fully saturated rings. The van der Waals surface area contributed by atoms with Crippen LogP contribution < -0.4 is 20.1 Å². The molecule has 5 heteroatoms. The van der Waals surface area contributed by atoms with Gasteiger partial charge < -0.3 is 20.1 Å². The van der Waals surface area contributed by atoms with Crippen molar-refractivity contribution < 1.29 is 14.3 Å². The molecule has 2 N–H and O–H groups in total. The van der Waals surface area contributed by atoms with E-state index in [4.69, 9.17) is 9.47 Å². The third kappa shape index (κ3) is 3.98. The minimum absolute atomic E-state index is 0.139. The smallest absolute Gasteiger partial charge is 0.255 e. The Kier molecular flexibility index (Phi) is 5.63. The predicted molar refractivity (Wildman–Crippen MR) is 82.1 cm³/mol. The van der Waals surface area contributed by atoms with Crippen LogP contribution in [-0.4, -0.2) is 39.8 Å². The minimum atomic E-state index is -0.139. The number of carbonyl (C=O) groups is 1. The van der Waals surface area contributed by atoms with E-state index in [0.29, 0.717) is 23.6 Å². The van der Waals surface area contributed by atoms with Gasteiger partial charge in [-0.25, -0.2) is 0 Å². The van der Waals surface area contributed by atoms with Crippen LogP contribution in [0.2, 0.25) is 0 Å². The van der Waals surface area contributed by atoms with Crippen molar-refractivity contribution in [1.82, 2.24) is 10.6 Å². The van der Waals surface area contributed by atoms with E-state index in [0.717, 1.165) is 25.9 Å². The molecule has 0 unspecified atom stereocenters. The van der Waals surface area contributed by atoms with Gasteiger partial charge in [-0.05, 0) is 31.5 Å². The molecule has 0 atom stereocenters. The Labute approximate surface area is 125 Å². The maximum Gasteiger partial charge on any atom is 0.255 e. The van der Waals surface area contributed by atoms with Crippen molar-refractivity contribution in [3.8, 4) is 11.5 Å². The second-order valence-corrected chi connectivity index (χ2v) is 4.86. The van der Waals surface area contributed by atoms with Crippen LogP contribution in [0.15, 0.2) is 29.8 Å². The number of nitrogens with one attached hydrogen (secondary N) is 2. The second-order valence-electron chi connectivity index (χ2n) is 4.86. The van der Waals surface area contributed by atoms with Crippen molar-refractivity contribution in [2.24, 2.45) is 0 Å². The molecule has 114 valence electrons. The normalized spacial score (nSPS) is 14.3. The number of amides is 1. The number of carbonyl (C=O) groups excluding carboxylic acids is 1. The molecule has 1 aliphatic heterocycles. The van der Waals surface area contributed by atoms with Gasteiger partial charge in [-0.1, -0.05) is 17.7 Å². The molecular formula is C16H22N2O3. The Morgan fingerprint density at radius 1 is 1.33 bits per heavy atom. The number of ether oxygens (including phenoxy) is 2. The summed E-state index contributed by atoms with van der Waals surface area (Å²) in [4.78, 5) is 12.3. The van der Waals surface area contributed by atoms with Crippen molar-refractivity contribution in [3.05, 3.63) is 35.4 Å². The molecule has 21 heavy (non-hydrogen) atoms. The van der Waals surface area contributed by atoms with Gasteiger partial charge in [0.2, 0.25) is 0 Å². The van der Waals surface area contributed by atoms with Gasteiger partial charge in [-0.3, -0.25) is 4.79 Å². The standard InChI is InChI=1S/C16H22N2O3/c1-20-14-5-3-4-13(15(14)21-2)16(19)18-11-8-12-6-9-17-10-7-12/h3-6,17H,7-11H2,1-2H3,(H,18,19). The lowest BCUT2D eigenvalue weighted by Gasteiger charge is -2.15. The molecule has 0 saturated carbocycles. The first-order chi connectivity index (χ1) is 10.3. The van der Waals surface area contributed by atoms with Crippen LogP contribution in [0, 0.1) is 0 Å². The van der Waals surface area contributed by atoms with Crippen molar-refractivity contribution in [3.63, 3.8) is 0 Å². The quantitative estimate of drug-likeness (QED) is 0.784. The molecule has 0 spiro atoms. The van der Waals surface area contributed by atoms with E-state index in [-0.39, 0.29) is 5.91 Å². The zero-order valence-electron chi connectivity index (χ0n) is 12.6. The van der Waals surface area contributed by atoms with E-state index < -0.39 is 0 Å². The summed E-state index contributed by atoms with van der Waals surface area (Å²) < 4.78 is 10.5. The van der Waals surface area contributed by atoms with Gasteiger partial charge in [0, 0.05) is 13.1 Å². The highest BCUT2D eigenvalue weighted by atomic mass is 16.5. The molecular weight excluding hydrogens is 268 g/mol. The highest BCUT2D eigenvalue weighted by molar-refractivity contribution is 5.97. The maximum atomic E-state index is 12.3. The zero-order valence-corrected chi connectivity index (χ0v) is 12.6. The van der Waals surface area contributed by atoms with E-state index in [2.05, 4.69) is 16.7 Å². The maximum absolute atomic E-state index is 12.3. The summed E-state index contributed by atoms with van der Waals surface area (Å²) in [7, 11) is 3.09. The summed E-state index contributed by atoms with van der Waals surface area (Å²) in [5.41, 5.74) is 1.89. The lowest BCUT2D eigenvalue weighted by molar-refractivity contribution is 0.0950. The number of benzene rings is 1. The molecule has 1 aromatic rings. The van der Waals surface area contributed by atoms with E-state index in [1.807, 2.05) is 0 Å². The average molecular weight is 290 g/mol. The SMILES string of the molecule is COc1cccc(C(=O)NCCC2=CCNCC2)c1OC. The molecule has 0 aliphatic carbocycles. The van der Waals surface area contributed by atoms with Gasteiger partial charge in [0.05, 0.1) is 19.8 Å². The summed E-state index contributed by atoms with van der Waals surface area (Å²) >= 11 is 0. The third-order valence-electron chi connectivity index (χ3n) is 3.54. The van der Waals surface area contributed by atoms with Gasteiger partial charge in [-0.2, -0.15) is 0 Å². The van der Waals surface area contributed by atoms with Crippen LogP contribution in [-0.2, 0) is 0 Å². The monoisotopic (exact) mass is 290 g/mol. The lowest BCUT2D eigenvalue weighted by Crippen LogP contribution is -2.27. The number of hydrogen-bond acceptors (Lipinski definition) is 4. The van der Waals surface area contributed by atoms with Crippen LogP contribution in [0.25, 0.3) is 0 Å². The van der Waals surface area contributed by atoms with Gasteiger partial charge in [0.15, 0.2) is 11.5 Å². The van der Waals surface area contributed by atoms with Crippen molar-refractivity contribution >= 4 is 5.91 Å². The van der Waals surface area contributed by atoms with Crippen LogP contribution in [0.1, 0.15) is 23.2 Å². The minimum Gasteiger partial charge on any atom is -0.493 e. The number of para-hydroxylation sites is 1. The highest BCUT2D eigenvalue weighted by Crippen LogP contribution is 2.30. The molecule has 1 aromatic carbocycles. The summed E-state index contributed by atoms with van der Waals surface area (Å²) in [5, 5.41) is 6.21. The summed E-state index contributed by atoms with van der Waals surface area (Å²) in [6, 6.07) is 5.29. The number of rotatable bonds is 6. The first-order valence-electron chi connectivity index (χ1n) is 7.14. The first-order valence-corrected chi connectivity index (χ1v) is 7.14. The highest BCUT2D eigenvalue weighted by Gasteiger charge is 2.16. The number of methoxy groups -OCH3 is 2. The third-order valence-corrected chi connectivity index (χ3v) is 3.54. The Morgan fingerprint density at radius 3 is 2.86 bits per heavy atom. The van der Waals surface area contributed by atoms with Crippen molar-refractivity contribution in [1.29, 1.82) is 0 Å². The summed E-state index contributed by atoms with van der Waals surface area (Å²) in [6.45, 7) is 2.57.